The molecule has 1 aliphatic rings. The summed E-state index contributed by atoms with van der Waals surface area (Å²) >= 11 is 0. The molecule has 5 nitrogen and oxygen atoms in total. The number of nitrogens with zero attached hydrogens (tertiary/aromatic N) is 1. The third kappa shape index (κ3) is 2.56. The van der Waals surface area contributed by atoms with Gasteiger partial charge in [-0.05, 0) is 0 Å². The molecule has 0 aliphatic carbocycles. The molecule has 78 valence electrons. The van der Waals surface area contributed by atoms with Gasteiger partial charge in [0.15, 0.2) is 0 Å². The van der Waals surface area contributed by atoms with Crippen molar-refractivity contribution in [3.63, 3.8) is 0 Å². The molecule has 0 aromatic rings. The van der Waals surface area contributed by atoms with Gasteiger partial charge < -0.3 is 10.1 Å². The minimum absolute atomic E-state index is 0.159. The molecule has 5 heteroatoms. The summed E-state index contributed by atoms with van der Waals surface area (Å²) in [6.07, 6.45) is 1.70. The van der Waals surface area contributed by atoms with E-state index >= 15 is 0 Å². The molecule has 1 atom stereocenters. The summed E-state index contributed by atoms with van der Waals surface area (Å²) in [4.78, 5) is 24.2. The molecule has 1 amide bonds. The number of carbonyl (C=O) groups is 2. The maximum atomic E-state index is 11.2. The van der Waals surface area contributed by atoms with Crippen LogP contribution in [0.3, 0.4) is 0 Å². The zero-order chi connectivity index (χ0) is 10.6. The second-order valence-electron chi connectivity index (χ2n) is 3.13. The maximum absolute atomic E-state index is 11.2. The molecule has 0 bridgehead atoms. The first-order valence-corrected chi connectivity index (χ1v) is 4.37. The molecule has 0 aromatic heterocycles. The summed E-state index contributed by atoms with van der Waals surface area (Å²) in [6, 6.07) is -0.554. The van der Waals surface area contributed by atoms with Crippen molar-refractivity contribution in [2.75, 3.05) is 26.7 Å². The van der Waals surface area contributed by atoms with E-state index in [1.807, 2.05) is 4.90 Å². The van der Waals surface area contributed by atoms with Gasteiger partial charge in [-0.3, -0.25) is 9.69 Å². The van der Waals surface area contributed by atoms with E-state index in [0.29, 0.717) is 19.6 Å². The average molecular weight is 198 g/mol. The Morgan fingerprint density at radius 3 is 3.14 bits per heavy atom. The molecule has 0 radical (unpaired) electrons. The second kappa shape index (κ2) is 4.76. The van der Waals surface area contributed by atoms with Crippen LogP contribution in [-0.2, 0) is 14.3 Å². The zero-order valence-electron chi connectivity index (χ0n) is 8.16. The highest BCUT2D eigenvalue weighted by Crippen LogP contribution is 2.01. The van der Waals surface area contributed by atoms with Crippen molar-refractivity contribution in [3.8, 4) is 0 Å². The molecule has 1 heterocycles. The van der Waals surface area contributed by atoms with Crippen molar-refractivity contribution in [2.45, 2.75) is 6.04 Å². The van der Waals surface area contributed by atoms with E-state index in [2.05, 4.69) is 16.6 Å². The van der Waals surface area contributed by atoms with Crippen LogP contribution in [0.2, 0.25) is 0 Å². The van der Waals surface area contributed by atoms with Gasteiger partial charge in [-0.15, -0.1) is 6.58 Å². The number of hydrogen-bond acceptors (Lipinski definition) is 4. The number of carbonyl (C=O) groups excluding carboxylic acids is 2. The van der Waals surface area contributed by atoms with Crippen LogP contribution < -0.4 is 5.32 Å². The summed E-state index contributed by atoms with van der Waals surface area (Å²) in [6.45, 7) is 4.96. The summed E-state index contributed by atoms with van der Waals surface area (Å²) in [5.41, 5.74) is 0. The Balaban J connectivity index is 2.57. The number of methoxy groups -OCH3 is 1. The number of hydrogen-bond donors (Lipinski definition) is 1. The smallest absolute Gasteiger partial charge is 0.329 e. The minimum Gasteiger partial charge on any atom is -0.467 e. The van der Waals surface area contributed by atoms with Gasteiger partial charge in [0.25, 0.3) is 0 Å². The van der Waals surface area contributed by atoms with Crippen LogP contribution in [0.4, 0.5) is 0 Å². The van der Waals surface area contributed by atoms with Crippen LogP contribution >= 0.6 is 0 Å². The van der Waals surface area contributed by atoms with Crippen molar-refractivity contribution in [2.24, 2.45) is 0 Å². The largest absolute Gasteiger partial charge is 0.467 e. The quantitative estimate of drug-likeness (QED) is 0.474. The van der Waals surface area contributed by atoms with Gasteiger partial charge in [0.1, 0.15) is 6.04 Å². The molecular weight excluding hydrogens is 184 g/mol. The fraction of sp³-hybridized carbons (Fsp3) is 0.556. The van der Waals surface area contributed by atoms with Gasteiger partial charge in [0, 0.05) is 13.1 Å². The fourth-order valence-corrected chi connectivity index (χ4v) is 1.41. The van der Waals surface area contributed by atoms with Crippen LogP contribution in [0.25, 0.3) is 0 Å². The number of amides is 1. The highest BCUT2D eigenvalue weighted by atomic mass is 16.5. The van der Waals surface area contributed by atoms with Crippen molar-refractivity contribution >= 4 is 11.9 Å². The lowest BCUT2D eigenvalue weighted by molar-refractivity contribution is -0.147. The average Bonchev–Trinajstić information content (AvgIpc) is 2.16. The van der Waals surface area contributed by atoms with Crippen molar-refractivity contribution < 1.29 is 14.3 Å². The van der Waals surface area contributed by atoms with Gasteiger partial charge in [-0.1, -0.05) is 6.08 Å². The number of nitrogens with one attached hydrogen (secondary N) is 1. The molecule has 0 aromatic carbocycles. The van der Waals surface area contributed by atoms with Crippen LogP contribution in [-0.4, -0.2) is 49.6 Å². The van der Waals surface area contributed by atoms with Gasteiger partial charge >= 0.3 is 5.97 Å². The monoisotopic (exact) mass is 198 g/mol. The van der Waals surface area contributed by atoms with Crippen LogP contribution in [0.1, 0.15) is 0 Å². The number of esters is 1. The van der Waals surface area contributed by atoms with Crippen LogP contribution in [0.5, 0.6) is 0 Å². The highest BCUT2D eigenvalue weighted by Gasteiger charge is 2.29. The third-order valence-corrected chi connectivity index (χ3v) is 2.02. The Labute approximate surface area is 82.7 Å². The summed E-state index contributed by atoms with van der Waals surface area (Å²) < 4.78 is 4.56. The summed E-state index contributed by atoms with van der Waals surface area (Å²) in [5, 5.41) is 2.57. The fourth-order valence-electron chi connectivity index (χ4n) is 1.41. The van der Waals surface area contributed by atoms with Gasteiger partial charge in [0.2, 0.25) is 5.91 Å². The van der Waals surface area contributed by atoms with E-state index in [9.17, 15) is 9.59 Å². The maximum Gasteiger partial charge on any atom is 0.329 e. The van der Waals surface area contributed by atoms with Crippen molar-refractivity contribution in [3.05, 3.63) is 12.7 Å². The van der Waals surface area contributed by atoms with Crippen LogP contribution in [0, 0.1) is 0 Å². The molecular formula is C9H14N2O3. The normalized spacial score (nSPS) is 22.6. The summed E-state index contributed by atoms with van der Waals surface area (Å²) in [5.74, 6) is -0.569. The number of piperazine rings is 1. The number of ether oxygens (including phenoxy) is 1. The van der Waals surface area contributed by atoms with E-state index in [0.717, 1.165) is 0 Å². The second-order valence-corrected chi connectivity index (χ2v) is 3.13. The molecule has 1 unspecified atom stereocenters. The molecule has 1 saturated heterocycles. The molecule has 1 aliphatic heterocycles. The molecule has 14 heavy (non-hydrogen) atoms. The molecule has 1 fully saturated rings. The summed E-state index contributed by atoms with van der Waals surface area (Å²) in [7, 11) is 1.31. The lowest BCUT2D eigenvalue weighted by atomic mass is 10.2. The molecule has 1 rings (SSSR count). The van der Waals surface area contributed by atoms with E-state index < -0.39 is 12.0 Å². The Hall–Kier alpha value is -1.36. The minimum atomic E-state index is -0.554. The molecule has 0 spiro atoms. The van der Waals surface area contributed by atoms with Crippen molar-refractivity contribution in [1.29, 1.82) is 0 Å². The Morgan fingerprint density at radius 2 is 2.57 bits per heavy atom. The van der Waals surface area contributed by atoms with Gasteiger partial charge in [-0.2, -0.15) is 0 Å². The van der Waals surface area contributed by atoms with E-state index in [1.54, 1.807) is 6.08 Å². The third-order valence-electron chi connectivity index (χ3n) is 2.02. The van der Waals surface area contributed by atoms with Gasteiger partial charge in [0.05, 0.1) is 13.7 Å². The predicted molar refractivity (Wildman–Crippen MR) is 50.6 cm³/mol. The molecule has 1 N–H and O–H groups in total. The van der Waals surface area contributed by atoms with E-state index in [-0.39, 0.29) is 5.91 Å². The SMILES string of the molecule is C=CCN1CC(=O)NC(C(=O)OC)C1. The molecule has 0 saturated carbocycles. The Kier molecular flexibility index (Phi) is 3.64. The van der Waals surface area contributed by atoms with E-state index in [1.165, 1.54) is 7.11 Å². The number of rotatable bonds is 3. The predicted octanol–water partition coefficient (Wildman–Crippen LogP) is -0.854. The highest BCUT2D eigenvalue weighted by molar-refractivity contribution is 5.86. The lowest BCUT2D eigenvalue weighted by Gasteiger charge is -2.30. The van der Waals surface area contributed by atoms with Gasteiger partial charge in [-0.25, -0.2) is 4.79 Å². The Bertz CT molecular complexity index is 252. The standard InChI is InChI=1S/C9H14N2O3/c1-3-4-11-5-7(9(13)14-2)10-8(12)6-11/h3,7H,1,4-6H2,2H3,(H,10,12). The lowest BCUT2D eigenvalue weighted by Crippen LogP contribution is -2.57. The first-order valence-electron chi connectivity index (χ1n) is 4.37. The van der Waals surface area contributed by atoms with Crippen molar-refractivity contribution in [1.82, 2.24) is 10.2 Å². The zero-order valence-corrected chi connectivity index (χ0v) is 8.16. The first-order chi connectivity index (χ1) is 6.67. The van der Waals surface area contributed by atoms with Crippen LogP contribution in [0.15, 0.2) is 12.7 Å². The first kappa shape index (κ1) is 10.7. The van der Waals surface area contributed by atoms with E-state index in [4.69, 9.17) is 0 Å². The Morgan fingerprint density at radius 1 is 1.86 bits per heavy atom. The topological polar surface area (TPSA) is 58.6 Å².